The summed E-state index contributed by atoms with van der Waals surface area (Å²) in [7, 11) is 0. The number of hydrogen-bond acceptors (Lipinski definition) is 4. The average Bonchev–Trinajstić information content (AvgIpc) is 2.29. The van der Waals surface area contributed by atoms with Crippen molar-refractivity contribution in [3.05, 3.63) is 46.9 Å². The number of halogens is 1. The second-order valence-corrected chi connectivity index (χ2v) is 3.99. The van der Waals surface area contributed by atoms with Crippen LogP contribution < -0.4 is 10.5 Å². The number of pyridine rings is 2. The van der Waals surface area contributed by atoms with Gasteiger partial charge in [0, 0.05) is 30.6 Å². The Morgan fingerprint density at radius 2 is 2.24 bits per heavy atom. The van der Waals surface area contributed by atoms with Crippen molar-refractivity contribution in [3.8, 4) is 11.6 Å². The average molecular weight is 250 g/mol. The van der Waals surface area contributed by atoms with Gasteiger partial charge in [-0.3, -0.25) is 4.98 Å². The van der Waals surface area contributed by atoms with E-state index >= 15 is 0 Å². The lowest BCUT2D eigenvalue weighted by atomic mass is 10.1. The number of nitrogens with two attached hydrogens (primary N) is 1. The molecule has 0 aromatic carbocycles. The van der Waals surface area contributed by atoms with Crippen LogP contribution in [0.25, 0.3) is 0 Å². The third-order valence-electron chi connectivity index (χ3n) is 2.35. The van der Waals surface area contributed by atoms with Gasteiger partial charge in [0.25, 0.3) is 0 Å². The topological polar surface area (TPSA) is 61.0 Å². The molecule has 0 saturated heterocycles. The van der Waals surface area contributed by atoms with E-state index in [-0.39, 0.29) is 0 Å². The molecule has 0 fully saturated rings. The van der Waals surface area contributed by atoms with E-state index in [1.54, 1.807) is 24.7 Å². The number of aryl methyl sites for hydroxylation is 1. The van der Waals surface area contributed by atoms with Crippen molar-refractivity contribution in [1.29, 1.82) is 0 Å². The number of nitrogens with zero attached hydrogens (tertiary/aromatic N) is 2. The molecule has 0 unspecified atom stereocenters. The van der Waals surface area contributed by atoms with E-state index in [0.29, 0.717) is 23.2 Å². The minimum Gasteiger partial charge on any atom is -0.437 e. The van der Waals surface area contributed by atoms with Crippen LogP contribution >= 0.6 is 11.6 Å². The second-order valence-electron chi connectivity index (χ2n) is 3.56. The lowest BCUT2D eigenvalue weighted by Gasteiger charge is -2.10. The minimum atomic E-state index is 0.378. The second kappa shape index (κ2) is 5.12. The molecule has 2 rings (SSSR count). The molecule has 2 aromatic rings. The van der Waals surface area contributed by atoms with Crippen molar-refractivity contribution in [1.82, 2.24) is 9.97 Å². The maximum absolute atomic E-state index is 5.83. The van der Waals surface area contributed by atoms with Crippen LogP contribution in [0, 0.1) is 6.92 Å². The quantitative estimate of drug-likeness (QED) is 0.909. The summed E-state index contributed by atoms with van der Waals surface area (Å²) >= 11 is 5.83. The summed E-state index contributed by atoms with van der Waals surface area (Å²) in [6.07, 6.45) is 4.81. The van der Waals surface area contributed by atoms with Crippen molar-refractivity contribution in [2.45, 2.75) is 13.5 Å². The predicted octanol–water partition coefficient (Wildman–Crippen LogP) is 2.69. The normalized spacial score (nSPS) is 10.3. The number of hydrogen-bond donors (Lipinski definition) is 1. The molecule has 0 aliphatic carbocycles. The molecule has 4 nitrogen and oxygen atoms in total. The van der Waals surface area contributed by atoms with E-state index in [4.69, 9.17) is 22.1 Å². The van der Waals surface area contributed by atoms with Crippen molar-refractivity contribution in [2.24, 2.45) is 5.73 Å². The van der Waals surface area contributed by atoms with E-state index in [1.165, 1.54) is 0 Å². The van der Waals surface area contributed by atoms with E-state index < -0.39 is 0 Å². The molecule has 0 spiro atoms. The first kappa shape index (κ1) is 11.8. The molecule has 0 aliphatic rings. The summed E-state index contributed by atoms with van der Waals surface area (Å²) in [5.41, 5.74) is 7.60. The Morgan fingerprint density at radius 1 is 1.41 bits per heavy atom. The third-order valence-corrected chi connectivity index (χ3v) is 2.56. The standard InChI is InChI=1S/C12H12ClN3O/c1-8-2-3-16-12(11(8)5-14)17-10-4-9(13)6-15-7-10/h2-4,6-7H,5,14H2,1H3. The van der Waals surface area contributed by atoms with Crippen LogP contribution in [0.15, 0.2) is 30.7 Å². The van der Waals surface area contributed by atoms with E-state index in [2.05, 4.69) is 9.97 Å². The Bertz CT molecular complexity index is 531. The van der Waals surface area contributed by atoms with Gasteiger partial charge in [-0.25, -0.2) is 4.98 Å². The first-order chi connectivity index (χ1) is 8.20. The molecule has 2 heterocycles. The van der Waals surface area contributed by atoms with Crippen molar-refractivity contribution in [2.75, 3.05) is 0 Å². The molecule has 0 aliphatic heterocycles. The van der Waals surface area contributed by atoms with Gasteiger partial charge in [0.1, 0.15) is 5.75 Å². The molecule has 5 heteroatoms. The van der Waals surface area contributed by atoms with E-state index in [9.17, 15) is 0 Å². The van der Waals surface area contributed by atoms with E-state index in [1.807, 2.05) is 13.0 Å². The Hall–Kier alpha value is -1.65. The Balaban J connectivity index is 2.33. The number of ether oxygens (including phenoxy) is 1. The van der Waals surface area contributed by atoms with Gasteiger partial charge < -0.3 is 10.5 Å². The van der Waals surface area contributed by atoms with Crippen LogP contribution in [0.3, 0.4) is 0 Å². The van der Waals surface area contributed by atoms with Gasteiger partial charge in [-0.1, -0.05) is 11.6 Å². The Morgan fingerprint density at radius 3 is 2.94 bits per heavy atom. The fraction of sp³-hybridized carbons (Fsp3) is 0.167. The summed E-state index contributed by atoms with van der Waals surface area (Å²) < 4.78 is 5.62. The first-order valence-electron chi connectivity index (χ1n) is 5.13. The van der Waals surface area contributed by atoms with Gasteiger partial charge in [0.05, 0.1) is 11.2 Å². The van der Waals surface area contributed by atoms with Gasteiger partial charge in [-0.2, -0.15) is 0 Å². The zero-order chi connectivity index (χ0) is 12.3. The summed E-state index contributed by atoms with van der Waals surface area (Å²) in [6, 6.07) is 3.57. The maximum Gasteiger partial charge on any atom is 0.224 e. The van der Waals surface area contributed by atoms with Crippen LogP contribution in [-0.2, 0) is 6.54 Å². The number of aromatic nitrogens is 2. The number of rotatable bonds is 3. The summed E-state index contributed by atoms with van der Waals surface area (Å²) in [6.45, 7) is 2.34. The van der Waals surface area contributed by atoms with Gasteiger partial charge in [-0.15, -0.1) is 0 Å². The van der Waals surface area contributed by atoms with Crippen LogP contribution in [-0.4, -0.2) is 9.97 Å². The fourth-order valence-corrected chi connectivity index (χ4v) is 1.62. The molecule has 88 valence electrons. The van der Waals surface area contributed by atoms with Crippen LogP contribution in [0.5, 0.6) is 11.6 Å². The zero-order valence-corrected chi connectivity index (χ0v) is 10.1. The molecule has 17 heavy (non-hydrogen) atoms. The van der Waals surface area contributed by atoms with Gasteiger partial charge in [-0.05, 0) is 18.6 Å². The maximum atomic E-state index is 5.83. The fourth-order valence-electron chi connectivity index (χ4n) is 1.46. The molecule has 0 radical (unpaired) electrons. The Kier molecular flexibility index (Phi) is 3.56. The predicted molar refractivity (Wildman–Crippen MR) is 66.2 cm³/mol. The highest BCUT2D eigenvalue weighted by Gasteiger charge is 2.08. The van der Waals surface area contributed by atoms with Crippen LogP contribution in [0.2, 0.25) is 5.02 Å². The van der Waals surface area contributed by atoms with Crippen molar-refractivity contribution < 1.29 is 4.74 Å². The molecule has 2 aromatic heterocycles. The third kappa shape index (κ3) is 2.72. The molecule has 0 amide bonds. The largest absolute Gasteiger partial charge is 0.437 e. The SMILES string of the molecule is Cc1ccnc(Oc2cncc(Cl)c2)c1CN. The van der Waals surface area contributed by atoms with E-state index in [0.717, 1.165) is 11.1 Å². The highest BCUT2D eigenvalue weighted by atomic mass is 35.5. The highest BCUT2D eigenvalue weighted by Crippen LogP contribution is 2.25. The van der Waals surface area contributed by atoms with Crippen molar-refractivity contribution in [3.63, 3.8) is 0 Å². The summed E-state index contributed by atoms with van der Waals surface area (Å²) in [5.74, 6) is 1.04. The molecular weight excluding hydrogens is 238 g/mol. The lowest BCUT2D eigenvalue weighted by molar-refractivity contribution is 0.453. The monoisotopic (exact) mass is 249 g/mol. The minimum absolute atomic E-state index is 0.378. The van der Waals surface area contributed by atoms with Crippen LogP contribution in [0.1, 0.15) is 11.1 Å². The molecular formula is C12H12ClN3O. The highest BCUT2D eigenvalue weighted by molar-refractivity contribution is 6.30. The Labute approximate surface area is 104 Å². The lowest BCUT2D eigenvalue weighted by Crippen LogP contribution is -2.03. The molecule has 0 saturated carbocycles. The smallest absolute Gasteiger partial charge is 0.224 e. The van der Waals surface area contributed by atoms with Gasteiger partial charge in [0.15, 0.2) is 0 Å². The summed E-state index contributed by atoms with van der Waals surface area (Å²) in [5, 5.41) is 0.518. The molecule has 0 atom stereocenters. The molecule has 2 N–H and O–H groups in total. The first-order valence-corrected chi connectivity index (χ1v) is 5.51. The van der Waals surface area contributed by atoms with Crippen LogP contribution in [0.4, 0.5) is 0 Å². The van der Waals surface area contributed by atoms with Crippen molar-refractivity contribution >= 4 is 11.6 Å². The zero-order valence-electron chi connectivity index (χ0n) is 9.35. The van der Waals surface area contributed by atoms with Gasteiger partial charge in [0.2, 0.25) is 5.88 Å². The molecule has 0 bridgehead atoms. The van der Waals surface area contributed by atoms with Gasteiger partial charge >= 0.3 is 0 Å². The summed E-state index contributed by atoms with van der Waals surface area (Å²) in [4.78, 5) is 8.10.